The van der Waals surface area contributed by atoms with Gasteiger partial charge in [0.2, 0.25) is 0 Å². The summed E-state index contributed by atoms with van der Waals surface area (Å²) in [5, 5.41) is 9.07. The summed E-state index contributed by atoms with van der Waals surface area (Å²) in [4.78, 5) is 22.0. The van der Waals surface area contributed by atoms with Crippen LogP contribution in [0.3, 0.4) is 0 Å². The summed E-state index contributed by atoms with van der Waals surface area (Å²) in [5.74, 6) is -1.02. The minimum Gasteiger partial charge on any atom is -0.481 e. The molecule has 4 heteroatoms. The molecule has 0 bridgehead atoms. The van der Waals surface area contributed by atoms with Crippen LogP contribution >= 0.6 is 11.8 Å². The standard InChI is InChI=1S/C13H16O3S/c1-9-5-3-4-6-11(9)7-12(13(15)16)8-17-10(2)14/h3-6,12H,7-8H2,1-2H3,(H,15,16). The van der Waals surface area contributed by atoms with E-state index < -0.39 is 11.9 Å². The molecule has 1 unspecified atom stereocenters. The van der Waals surface area contributed by atoms with Crippen molar-refractivity contribution in [1.29, 1.82) is 0 Å². The van der Waals surface area contributed by atoms with E-state index in [1.165, 1.54) is 6.92 Å². The monoisotopic (exact) mass is 252 g/mol. The van der Waals surface area contributed by atoms with Crippen molar-refractivity contribution in [2.75, 3.05) is 5.75 Å². The molecule has 1 aromatic carbocycles. The van der Waals surface area contributed by atoms with Gasteiger partial charge in [0.05, 0.1) is 5.92 Å². The summed E-state index contributed by atoms with van der Waals surface area (Å²) >= 11 is 1.07. The normalized spacial score (nSPS) is 12.1. The van der Waals surface area contributed by atoms with Gasteiger partial charge >= 0.3 is 5.97 Å². The zero-order valence-electron chi connectivity index (χ0n) is 9.97. The quantitative estimate of drug-likeness (QED) is 0.875. The molecule has 1 N–H and O–H groups in total. The fraction of sp³-hybridized carbons (Fsp3) is 0.385. The van der Waals surface area contributed by atoms with Gasteiger partial charge in [-0.3, -0.25) is 9.59 Å². The number of rotatable bonds is 5. The number of carboxylic acid groups (broad SMARTS) is 1. The van der Waals surface area contributed by atoms with E-state index >= 15 is 0 Å². The summed E-state index contributed by atoms with van der Waals surface area (Å²) in [6.45, 7) is 3.42. The van der Waals surface area contributed by atoms with Gasteiger partial charge in [0, 0.05) is 12.7 Å². The Hall–Kier alpha value is -1.29. The van der Waals surface area contributed by atoms with Crippen molar-refractivity contribution in [1.82, 2.24) is 0 Å². The lowest BCUT2D eigenvalue weighted by molar-refractivity contribution is -0.140. The Balaban J connectivity index is 2.70. The van der Waals surface area contributed by atoms with Crippen LogP contribution in [0.2, 0.25) is 0 Å². The topological polar surface area (TPSA) is 54.4 Å². The minimum absolute atomic E-state index is 0.0407. The van der Waals surface area contributed by atoms with Gasteiger partial charge in [-0.25, -0.2) is 0 Å². The van der Waals surface area contributed by atoms with E-state index in [0.717, 1.165) is 22.9 Å². The third-order valence-corrected chi connectivity index (χ3v) is 3.54. The van der Waals surface area contributed by atoms with Crippen molar-refractivity contribution in [2.45, 2.75) is 20.3 Å². The number of hydrogen-bond donors (Lipinski definition) is 1. The van der Waals surface area contributed by atoms with Crippen LogP contribution in [-0.2, 0) is 16.0 Å². The molecule has 92 valence electrons. The van der Waals surface area contributed by atoms with Crippen LogP contribution in [-0.4, -0.2) is 21.9 Å². The number of carbonyl (C=O) groups is 2. The van der Waals surface area contributed by atoms with Crippen molar-refractivity contribution in [3.8, 4) is 0 Å². The van der Waals surface area contributed by atoms with Gasteiger partial charge in [0.15, 0.2) is 5.12 Å². The van der Waals surface area contributed by atoms with Crippen LogP contribution in [0.5, 0.6) is 0 Å². The Bertz CT molecular complexity index is 415. The summed E-state index contributed by atoms with van der Waals surface area (Å²) < 4.78 is 0. The van der Waals surface area contributed by atoms with Gasteiger partial charge in [-0.15, -0.1) is 0 Å². The fourth-order valence-electron chi connectivity index (χ4n) is 1.54. The zero-order chi connectivity index (χ0) is 12.8. The van der Waals surface area contributed by atoms with Crippen LogP contribution in [0.4, 0.5) is 0 Å². The predicted octanol–water partition coefficient (Wildman–Crippen LogP) is 2.52. The predicted molar refractivity (Wildman–Crippen MR) is 69.1 cm³/mol. The first-order chi connectivity index (χ1) is 8.00. The van der Waals surface area contributed by atoms with E-state index in [9.17, 15) is 9.59 Å². The molecule has 0 aliphatic rings. The summed E-state index contributed by atoms with van der Waals surface area (Å²) in [6.07, 6.45) is 0.474. The SMILES string of the molecule is CC(=O)SCC(Cc1ccccc1C)C(=O)O. The second-order valence-electron chi connectivity index (χ2n) is 3.97. The number of hydrogen-bond acceptors (Lipinski definition) is 3. The van der Waals surface area contributed by atoms with Crippen LogP contribution in [0.25, 0.3) is 0 Å². The maximum Gasteiger partial charge on any atom is 0.307 e. The van der Waals surface area contributed by atoms with Crippen molar-refractivity contribution in [3.05, 3.63) is 35.4 Å². The molecule has 0 aliphatic carbocycles. The van der Waals surface area contributed by atoms with Crippen molar-refractivity contribution in [3.63, 3.8) is 0 Å². The van der Waals surface area contributed by atoms with Crippen molar-refractivity contribution >= 4 is 22.8 Å². The maximum atomic E-state index is 11.1. The highest BCUT2D eigenvalue weighted by Crippen LogP contribution is 2.18. The lowest BCUT2D eigenvalue weighted by Gasteiger charge is -2.12. The van der Waals surface area contributed by atoms with Crippen LogP contribution in [0, 0.1) is 12.8 Å². The molecule has 0 saturated carbocycles. The molecular formula is C13H16O3S. The van der Waals surface area contributed by atoms with Crippen LogP contribution in [0.1, 0.15) is 18.1 Å². The highest BCUT2D eigenvalue weighted by atomic mass is 32.2. The molecule has 0 aliphatic heterocycles. The summed E-state index contributed by atoms with van der Waals surface area (Å²) in [5.41, 5.74) is 2.12. The maximum absolute atomic E-state index is 11.1. The number of aryl methyl sites for hydroxylation is 1. The zero-order valence-corrected chi connectivity index (χ0v) is 10.8. The average Bonchev–Trinajstić information content (AvgIpc) is 2.25. The Morgan fingerprint density at radius 3 is 2.53 bits per heavy atom. The molecule has 0 aromatic heterocycles. The minimum atomic E-state index is -0.845. The third-order valence-electron chi connectivity index (χ3n) is 2.56. The van der Waals surface area contributed by atoms with E-state index in [-0.39, 0.29) is 5.12 Å². The first kappa shape index (κ1) is 13.8. The van der Waals surface area contributed by atoms with E-state index in [1.807, 2.05) is 31.2 Å². The molecule has 0 heterocycles. The molecule has 1 aromatic rings. The van der Waals surface area contributed by atoms with Crippen molar-refractivity contribution in [2.24, 2.45) is 5.92 Å². The third kappa shape index (κ3) is 4.61. The lowest BCUT2D eigenvalue weighted by atomic mass is 9.97. The van der Waals surface area contributed by atoms with Crippen molar-refractivity contribution < 1.29 is 14.7 Å². The molecule has 17 heavy (non-hydrogen) atoms. The van der Waals surface area contributed by atoms with Gasteiger partial charge in [-0.1, -0.05) is 36.0 Å². The Morgan fingerprint density at radius 1 is 1.35 bits per heavy atom. The largest absolute Gasteiger partial charge is 0.481 e. The Labute approximate surface area is 105 Å². The number of aliphatic carboxylic acids is 1. The first-order valence-corrected chi connectivity index (χ1v) is 6.40. The first-order valence-electron chi connectivity index (χ1n) is 5.41. The van der Waals surface area contributed by atoms with Gasteiger partial charge in [-0.05, 0) is 24.5 Å². The number of benzene rings is 1. The van der Waals surface area contributed by atoms with Gasteiger partial charge in [-0.2, -0.15) is 0 Å². The van der Waals surface area contributed by atoms with Gasteiger partial charge < -0.3 is 5.11 Å². The molecule has 0 radical (unpaired) electrons. The van der Waals surface area contributed by atoms with E-state index in [0.29, 0.717) is 12.2 Å². The number of carbonyl (C=O) groups excluding carboxylic acids is 1. The molecule has 0 spiro atoms. The second kappa shape index (κ2) is 6.45. The number of thioether (sulfide) groups is 1. The Kier molecular flexibility index (Phi) is 5.22. The molecular weight excluding hydrogens is 236 g/mol. The van der Waals surface area contributed by atoms with E-state index in [1.54, 1.807) is 0 Å². The molecule has 0 amide bonds. The van der Waals surface area contributed by atoms with Gasteiger partial charge in [0.25, 0.3) is 0 Å². The Morgan fingerprint density at radius 2 is 2.00 bits per heavy atom. The van der Waals surface area contributed by atoms with Gasteiger partial charge in [0.1, 0.15) is 0 Å². The number of carboxylic acids is 1. The molecule has 1 atom stereocenters. The highest BCUT2D eigenvalue weighted by Gasteiger charge is 2.19. The fourth-order valence-corrected chi connectivity index (χ4v) is 2.24. The summed E-state index contributed by atoms with van der Waals surface area (Å²) in [6, 6.07) is 7.73. The molecule has 1 rings (SSSR count). The summed E-state index contributed by atoms with van der Waals surface area (Å²) in [7, 11) is 0. The lowest BCUT2D eigenvalue weighted by Crippen LogP contribution is -2.20. The molecule has 3 nitrogen and oxygen atoms in total. The van der Waals surface area contributed by atoms with E-state index in [2.05, 4.69) is 0 Å². The second-order valence-corrected chi connectivity index (χ2v) is 5.17. The highest BCUT2D eigenvalue weighted by molar-refractivity contribution is 8.13. The smallest absolute Gasteiger partial charge is 0.307 e. The van der Waals surface area contributed by atoms with Crippen LogP contribution < -0.4 is 0 Å². The van der Waals surface area contributed by atoms with E-state index in [4.69, 9.17) is 5.11 Å². The average molecular weight is 252 g/mol. The van der Waals surface area contributed by atoms with Crippen LogP contribution in [0.15, 0.2) is 24.3 Å². The molecule has 0 saturated heterocycles. The molecule has 0 fully saturated rings.